The molecule has 1 unspecified atom stereocenters. The van der Waals surface area contributed by atoms with Crippen molar-refractivity contribution in [3.05, 3.63) is 35.9 Å². The molecular weight excluding hydrogens is 302 g/mol. The molecular formula is C20H33NO3. The van der Waals surface area contributed by atoms with Crippen molar-refractivity contribution in [2.45, 2.75) is 59.1 Å². The molecule has 0 saturated heterocycles. The van der Waals surface area contributed by atoms with Gasteiger partial charge in [-0.2, -0.15) is 0 Å². The van der Waals surface area contributed by atoms with Crippen molar-refractivity contribution >= 4 is 5.97 Å². The van der Waals surface area contributed by atoms with E-state index in [1.165, 1.54) is 5.56 Å². The van der Waals surface area contributed by atoms with Crippen LogP contribution in [0.1, 0.15) is 46.6 Å². The molecule has 4 heteroatoms. The van der Waals surface area contributed by atoms with Crippen LogP contribution in [0.3, 0.4) is 0 Å². The Morgan fingerprint density at radius 3 is 2.29 bits per heavy atom. The Hall–Kier alpha value is -1.39. The normalized spacial score (nSPS) is 18.0. The van der Waals surface area contributed by atoms with Gasteiger partial charge in [0.1, 0.15) is 5.54 Å². The Labute approximate surface area is 146 Å². The topological polar surface area (TPSA) is 72.5 Å². The average Bonchev–Trinajstić information content (AvgIpc) is 2.54. The van der Waals surface area contributed by atoms with Crippen LogP contribution in [-0.2, 0) is 16.0 Å². The summed E-state index contributed by atoms with van der Waals surface area (Å²) in [6.45, 7) is 10.4. The summed E-state index contributed by atoms with van der Waals surface area (Å²) in [5.74, 6) is -0.656. The number of nitrogens with two attached hydrogens (primary N) is 1. The standard InChI is InChI=1S/C20H33NO3/c1-6-17(12-16-10-8-7-9-11-16)18(24-13-14(2)3)15(4)20(5,21)19(22)23/h7-11,14-15,17-18H,6,12-13,21H2,1-5H3,(H,22,23)/t15-,17-,18+,20?/m1/s1. The minimum atomic E-state index is -1.31. The Morgan fingerprint density at radius 2 is 1.83 bits per heavy atom. The van der Waals surface area contributed by atoms with Crippen LogP contribution in [0.25, 0.3) is 0 Å². The molecule has 0 aromatic heterocycles. The first-order valence-corrected chi connectivity index (χ1v) is 8.87. The second-order valence-corrected chi connectivity index (χ2v) is 7.43. The van der Waals surface area contributed by atoms with Gasteiger partial charge in [0.2, 0.25) is 0 Å². The summed E-state index contributed by atoms with van der Waals surface area (Å²) in [6, 6.07) is 10.3. The number of carbonyl (C=O) groups is 1. The molecule has 24 heavy (non-hydrogen) atoms. The van der Waals surface area contributed by atoms with E-state index in [2.05, 4.69) is 32.9 Å². The van der Waals surface area contributed by atoms with Crippen LogP contribution >= 0.6 is 0 Å². The highest BCUT2D eigenvalue weighted by atomic mass is 16.5. The second-order valence-electron chi connectivity index (χ2n) is 7.43. The maximum atomic E-state index is 11.6. The summed E-state index contributed by atoms with van der Waals surface area (Å²) in [5.41, 5.74) is 6.04. The van der Waals surface area contributed by atoms with Gasteiger partial charge in [-0.1, -0.05) is 64.4 Å². The Balaban J connectivity index is 3.02. The molecule has 1 aromatic carbocycles. The van der Waals surface area contributed by atoms with Crippen molar-refractivity contribution in [2.24, 2.45) is 23.5 Å². The number of aliphatic carboxylic acids is 1. The number of benzene rings is 1. The fraction of sp³-hybridized carbons (Fsp3) is 0.650. The summed E-state index contributed by atoms with van der Waals surface area (Å²) < 4.78 is 6.18. The van der Waals surface area contributed by atoms with Crippen LogP contribution in [-0.4, -0.2) is 29.3 Å². The number of carboxylic acid groups (broad SMARTS) is 1. The summed E-state index contributed by atoms with van der Waals surface area (Å²) in [6.07, 6.45) is 1.58. The summed E-state index contributed by atoms with van der Waals surface area (Å²) in [5, 5.41) is 9.50. The van der Waals surface area contributed by atoms with E-state index in [1.807, 2.05) is 25.1 Å². The zero-order chi connectivity index (χ0) is 18.3. The third kappa shape index (κ3) is 5.60. The smallest absolute Gasteiger partial charge is 0.323 e. The lowest BCUT2D eigenvalue weighted by molar-refractivity contribution is -0.149. The van der Waals surface area contributed by atoms with Crippen LogP contribution in [0.2, 0.25) is 0 Å². The zero-order valence-electron chi connectivity index (χ0n) is 15.7. The Bertz CT molecular complexity index is 499. The van der Waals surface area contributed by atoms with E-state index in [-0.39, 0.29) is 17.9 Å². The van der Waals surface area contributed by atoms with E-state index in [9.17, 15) is 9.90 Å². The molecule has 0 heterocycles. The molecule has 0 amide bonds. The van der Waals surface area contributed by atoms with Crippen LogP contribution in [0.5, 0.6) is 0 Å². The van der Waals surface area contributed by atoms with E-state index < -0.39 is 11.5 Å². The molecule has 1 aromatic rings. The van der Waals surface area contributed by atoms with Crippen molar-refractivity contribution in [3.8, 4) is 0 Å². The number of ether oxygens (including phenoxy) is 1. The molecule has 0 bridgehead atoms. The molecule has 4 nitrogen and oxygen atoms in total. The predicted molar refractivity (Wildman–Crippen MR) is 97.9 cm³/mol. The monoisotopic (exact) mass is 335 g/mol. The molecule has 0 saturated carbocycles. The van der Waals surface area contributed by atoms with Crippen molar-refractivity contribution in [1.82, 2.24) is 0 Å². The first-order valence-electron chi connectivity index (χ1n) is 8.87. The van der Waals surface area contributed by atoms with Gasteiger partial charge in [0, 0.05) is 12.5 Å². The number of rotatable bonds is 10. The average molecular weight is 335 g/mol. The largest absolute Gasteiger partial charge is 0.480 e. The van der Waals surface area contributed by atoms with Crippen molar-refractivity contribution in [2.75, 3.05) is 6.61 Å². The molecule has 4 atom stereocenters. The minimum Gasteiger partial charge on any atom is -0.480 e. The highest BCUT2D eigenvalue weighted by Crippen LogP contribution is 2.30. The molecule has 136 valence electrons. The molecule has 0 radical (unpaired) electrons. The number of hydrogen-bond donors (Lipinski definition) is 2. The van der Waals surface area contributed by atoms with Gasteiger partial charge in [-0.15, -0.1) is 0 Å². The van der Waals surface area contributed by atoms with Gasteiger partial charge in [0.25, 0.3) is 0 Å². The first kappa shape index (κ1) is 20.7. The first-order chi connectivity index (χ1) is 11.2. The second kappa shape index (κ2) is 9.19. The molecule has 1 rings (SSSR count). The van der Waals surface area contributed by atoms with Crippen molar-refractivity contribution < 1.29 is 14.6 Å². The van der Waals surface area contributed by atoms with E-state index in [0.29, 0.717) is 12.5 Å². The van der Waals surface area contributed by atoms with E-state index in [1.54, 1.807) is 6.92 Å². The maximum Gasteiger partial charge on any atom is 0.323 e. The van der Waals surface area contributed by atoms with E-state index in [4.69, 9.17) is 10.5 Å². The van der Waals surface area contributed by atoms with Crippen LogP contribution in [0, 0.1) is 17.8 Å². The van der Waals surface area contributed by atoms with Crippen LogP contribution in [0.15, 0.2) is 30.3 Å². The summed E-state index contributed by atoms with van der Waals surface area (Å²) >= 11 is 0. The lowest BCUT2D eigenvalue weighted by Gasteiger charge is -2.38. The van der Waals surface area contributed by atoms with Crippen LogP contribution < -0.4 is 5.73 Å². The number of hydrogen-bond acceptors (Lipinski definition) is 3. The van der Waals surface area contributed by atoms with Gasteiger partial charge in [0.15, 0.2) is 0 Å². The molecule has 0 spiro atoms. The fourth-order valence-corrected chi connectivity index (χ4v) is 2.94. The SMILES string of the molecule is CC[C@H](Cc1ccccc1)[C@@H](OCC(C)C)[C@@H](C)C(C)(N)C(=O)O. The van der Waals surface area contributed by atoms with Gasteiger partial charge in [-0.25, -0.2) is 0 Å². The number of carboxylic acids is 1. The van der Waals surface area contributed by atoms with Gasteiger partial charge in [-0.05, 0) is 30.7 Å². The van der Waals surface area contributed by atoms with Crippen LogP contribution in [0.4, 0.5) is 0 Å². The van der Waals surface area contributed by atoms with Gasteiger partial charge in [-0.3, -0.25) is 4.79 Å². The zero-order valence-corrected chi connectivity index (χ0v) is 15.7. The molecule has 0 fully saturated rings. The summed E-state index contributed by atoms with van der Waals surface area (Å²) in [7, 11) is 0. The van der Waals surface area contributed by atoms with E-state index >= 15 is 0 Å². The van der Waals surface area contributed by atoms with E-state index in [0.717, 1.165) is 12.8 Å². The molecule has 3 N–H and O–H groups in total. The van der Waals surface area contributed by atoms with Gasteiger partial charge >= 0.3 is 5.97 Å². The lowest BCUT2D eigenvalue weighted by atomic mass is 9.76. The quantitative estimate of drug-likeness (QED) is 0.683. The maximum absolute atomic E-state index is 11.6. The third-order valence-corrected chi connectivity index (χ3v) is 4.85. The Morgan fingerprint density at radius 1 is 1.25 bits per heavy atom. The lowest BCUT2D eigenvalue weighted by Crippen LogP contribution is -2.56. The highest BCUT2D eigenvalue weighted by Gasteiger charge is 2.42. The fourth-order valence-electron chi connectivity index (χ4n) is 2.94. The Kier molecular flexibility index (Phi) is 7.91. The van der Waals surface area contributed by atoms with Crippen molar-refractivity contribution in [1.29, 1.82) is 0 Å². The van der Waals surface area contributed by atoms with Gasteiger partial charge < -0.3 is 15.6 Å². The molecule has 0 aliphatic rings. The van der Waals surface area contributed by atoms with Gasteiger partial charge in [0.05, 0.1) is 6.10 Å². The molecule has 0 aliphatic carbocycles. The highest BCUT2D eigenvalue weighted by molar-refractivity contribution is 5.78. The minimum absolute atomic E-state index is 0.191. The third-order valence-electron chi connectivity index (χ3n) is 4.85. The van der Waals surface area contributed by atoms with Crippen molar-refractivity contribution in [3.63, 3.8) is 0 Å². The predicted octanol–water partition coefficient (Wildman–Crippen LogP) is 3.73. The molecule has 0 aliphatic heterocycles. The summed E-state index contributed by atoms with van der Waals surface area (Å²) in [4.78, 5) is 11.6.